The zero-order valence-corrected chi connectivity index (χ0v) is 13.0. The highest BCUT2D eigenvalue weighted by atomic mass is 16.5. The lowest BCUT2D eigenvalue weighted by atomic mass is 9.97. The fourth-order valence-electron chi connectivity index (χ4n) is 2.40. The highest BCUT2D eigenvalue weighted by Crippen LogP contribution is 2.18. The lowest BCUT2D eigenvalue weighted by Gasteiger charge is -2.30. The molecule has 1 aliphatic heterocycles. The lowest BCUT2D eigenvalue weighted by molar-refractivity contribution is -0.149. The van der Waals surface area contributed by atoms with Crippen LogP contribution in [0.4, 0.5) is 4.79 Å². The smallest absolute Gasteiger partial charge is 0.317 e. The van der Waals surface area contributed by atoms with E-state index < -0.39 is 0 Å². The highest BCUT2D eigenvalue weighted by Gasteiger charge is 2.27. The maximum atomic E-state index is 11.9. The molecule has 2 amide bonds. The fraction of sp³-hybridized carbons (Fsp3) is 0.867. The third kappa shape index (κ3) is 5.80. The number of nitrogens with zero attached hydrogens (tertiary/aromatic N) is 1. The number of carbonyl (C=O) groups is 2. The van der Waals surface area contributed by atoms with Crippen LogP contribution in [0.3, 0.4) is 0 Å². The average Bonchev–Trinajstić information content (AvgIpc) is 2.43. The van der Waals surface area contributed by atoms with Crippen LogP contribution in [0.1, 0.15) is 46.5 Å². The van der Waals surface area contributed by atoms with E-state index in [2.05, 4.69) is 19.2 Å². The normalized spacial score (nSPS) is 16.3. The lowest BCUT2D eigenvalue weighted by Crippen LogP contribution is -2.45. The van der Waals surface area contributed by atoms with E-state index in [0.717, 1.165) is 19.4 Å². The molecule has 1 aliphatic rings. The van der Waals surface area contributed by atoms with Gasteiger partial charge >= 0.3 is 12.0 Å². The van der Waals surface area contributed by atoms with Crippen molar-refractivity contribution in [2.24, 2.45) is 11.8 Å². The largest absolute Gasteiger partial charge is 0.466 e. The summed E-state index contributed by atoms with van der Waals surface area (Å²) in [5.74, 6) is 0.511. The molecule has 1 heterocycles. The molecule has 0 saturated carbocycles. The maximum Gasteiger partial charge on any atom is 0.317 e. The van der Waals surface area contributed by atoms with Gasteiger partial charge in [0.05, 0.1) is 12.5 Å². The Morgan fingerprint density at radius 2 is 1.95 bits per heavy atom. The zero-order valence-electron chi connectivity index (χ0n) is 13.0. The molecule has 0 unspecified atom stereocenters. The van der Waals surface area contributed by atoms with Crippen LogP contribution in [0.5, 0.6) is 0 Å². The van der Waals surface area contributed by atoms with Gasteiger partial charge in [0.1, 0.15) is 0 Å². The van der Waals surface area contributed by atoms with Crippen LogP contribution in [0.15, 0.2) is 0 Å². The van der Waals surface area contributed by atoms with Gasteiger partial charge in [-0.1, -0.05) is 13.8 Å². The number of urea groups is 1. The highest BCUT2D eigenvalue weighted by molar-refractivity contribution is 5.75. The number of carbonyl (C=O) groups excluding carboxylic acids is 2. The summed E-state index contributed by atoms with van der Waals surface area (Å²) in [5, 5.41) is 2.95. The van der Waals surface area contributed by atoms with Crippen LogP contribution < -0.4 is 5.32 Å². The number of esters is 1. The van der Waals surface area contributed by atoms with Gasteiger partial charge in [-0.25, -0.2) is 4.79 Å². The Bertz CT molecular complexity index is 310. The second-order valence-corrected chi connectivity index (χ2v) is 5.78. The van der Waals surface area contributed by atoms with E-state index in [9.17, 15) is 9.59 Å². The maximum absolute atomic E-state index is 11.9. The van der Waals surface area contributed by atoms with Gasteiger partial charge in [-0.3, -0.25) is 4.79 Å². The summed E-state index contributed by atoms with van der Waals surface area (Å²) in [6, 6.07) is -0.00364. The zero-order chi connectivity index (χ0) is 15.0. The first-order valence-electron chi connectivity index (χ1n) is 7.74. The van der Waals surface area contributed by atoms with E-state index in [1.165, 1.54) is 0 Å². The Morgan fingerprint density at radius 3 is 2.50 bits per heavy atom. The van der Waals surface area contributed by atoms with Gasteiger partial charge in [-0.2, -0.15) is 0 Å². The number of piperidine rings is 1. The summed E-state index contributed by atoms with van der Waals surface area (Å²) in [7, 11) is 0. The number of hydrogen-bond acceptors (Lipinski definition) is 3. The molecular weight excluding hydrogens is 256 g/mol. The summed E-state index contributed by atoms with van der Waals surface area (Å²) < 4.78 is 5.02. The minimum absolute atomic E-state index is 0.00364. The molecule has 0 radical (unpaired) electrons. The van der Waals surface area contributed by atoms with E-state index in [1.54, 1.807) is 4.90 Å². The Kier molecular flexibility index (Phi) is 7.41. The van der Waals surface area contributed by atoms with Crippen molar-refractivity contribution in [3.63, 3.8) is 0 Å². The molecule has 1 N–H and O–H groups in total. The fourth-order valence-corrected chi connectivity index (χ4v) is 2.40. The molecule has 0 aliphatic carbocycles. The first kappa shape index (κ1) is 16.8. The predicted octanol–water partition coefficient (Wildman–Crippen LogP) is 2.41. The van der Waals surface area contributed by atoms with Crippen molar-refractivity contribution in [2.45, 2.75) is 46.5 Å². The van der Waals surface area contributed by atoms with Gasteiger partial charge in [0.2, 0.25) is 0 Å². The van der Waals surface area contributed by atoms with Crippen LogP contribution in [0.25, 0.3) is 0 Å². The predicted molar refractivity (Wildman–Crippen MR) is 78.4 cm³/mol. The third-order valence-corrected chi connectivity index (χ3v) is 3.64. The number of likely N-dealkylation sites (tertiary alicyclic amines) is 1. The van der Waals surface area contributed by atoms with Crippen molar-refractivity contribution in [2.75, 3.05) is 26.2 Å². The summed E-state index contributed by atoms with van der Waals surface area (Å²) in [4.78, 5) is 25.3. The quantitative estimate of drug-likeness (QED) is 0.602. The molecule has 5 nitrogen and oxygen atoms in total. The van der Waals surface area contributed by atoms with Crippen molar-refractivity contribution >= 4 is 12.0 Å². The average molecular weight is 284 g/mol. The van der Waals surface area contributed by atoms with Gasteiger partial charge < -0.3 is 15.0 Å². The molecule has 0 aromatic heterocycles. The van der Waals surface area contributed by atoms with Crippen LogP contribution in [-0.4, -0.2) is 43.1 Å². The van der Waals surface area contributed by atoms with E-state index in [1.807, 2.05) is 6.92 Å². The minimum atomic E-state index is -0.121. The minimum Gasteiger partial charge on any atom is -0.466 e. The monoisotopic (exact) mass is 284 g/mol. The second kappa shape index (κ2) is 8.82. The first-order chi connectivity index (χ1) is 9.54. The Balaban J connectivity index is 2.20. The van der Waals surface area contributed by atoms with Crippen molar-refractivity contribution < 1.29 is 14.3 Å². The molecule has 0 bridgehead atoms. The third-order valence-electron chi connectivity index (χ3n) is 3.64. The van der Waals surface area contributed by atoms with E-state index in [0.29, 0.717) is 38.5 Å². The number of amides is 2. The molecule has 20 heavy (non-hydrogen) atoms. The summed E-state index contributed by atoms with van der Waals surface area (Å²) in [6.07, 6.45) is 3.56. The molecule has 0 aromatic carbocycles. The van der Waals surface area contributed by atoms with Gasteiger partial charge in [-0.05, 0) is 38.5 Å². The molecule has 5 heteroatoms. The van der Waals surface area contributed by atoms with Gasteiger partial charge in [-0.15, -0.1) is 0 Å². The molecule has 116 valence electrons. The van der Waals surface area contributed by atoms with Crippen molar-refractivity contribution in [1.29, 1.82) is 0 Å². The van der Waals surface area contributed by atoms with Crippen LogP contribution in [0.2, 0.25) is 0 Å². The van der Waals surface area contributed by atoms with E-state index in [-0.39, 0.29) is 17.9 Å². The van der Waals surface area contributed by atoms with Gasteiger partial charge in [0.25, 0.3) is 0 Å². The second-order valence-electron chi connectivity index (χ2n) is 5.78. The summed E-state index contributed by atoms with van der Waals surface area (Å²) in [6.45, 7) is 8.62. The van der Waals surface area contributed by atoms with E-state index >= 15 is 0 Å². The Labute approximate surface area is 122 Å². The van der Waals surface area contributed by atoms with Crippen molar-refractivity contribution in [3.05, 3.63) is 0 Å². The van der Waals surface area contributed by atoms with Crippen LogP contribution >= 0.6 is 0 Å². The van der Waals surface area contributed by atoms with Crippen LogP contribution in [0, 0.1) is 11.8 Å². The molecule has 0 aromatic rings. The number of rotatable bonds is 6. The standard InChI is InChI=1S/C15H28N2O3/c1-4-20-14(18)13-7-10-17(11-8-13)15(19)16-9-5-6-12(2)3/h12-13H,4-11H2,1-3H3,(H,16,19). The summed E-state index contributed by atoms with van der Waals surface area (Å²) >= 11 is 0. The molecular formula is C15H28N2O3. The number of hydrogen-bond donors (Lipinski definition) is 1. The Morgan fingerprint density at radius 1 is 1.30 bits per heavy atom. The SMILES string of the molecule is CCOC(=O)C1CCN(C(=O)NCCCC(C)C)CC1. The molecule has 0 atom stereocenters. The molecule has 0 spiro atoms. The molecule has 1 saturated heterocycles. The van der Waals surface area contributed by atoms with E-state index in [4.69, 9.17) is 4.74 Å². The topological polar surface area (TPSA) is 58.6 Å². The number of nitrogens with one attached hydrogen (secondary N) is 1. The van der Waals surface area contributed by atoms with Crippen LogP contribution in [-0.2, 0) is 9.53 Å². The van der Waals surface area contributed by atoms with Crippen molar-refractivity contribution in [1.82, 2.24) is 10.2 Å². The van der Waals surface area contributed by atoms with Crippen molar-refractivity contribution in [3.8, 4) is 0 Å². The first-order valence-corrected chi connectivity index (χ1v) is 7.74. The Hall–Kier alpha value is -1.26. The van der Waals surface area contributed by atoms with Gasteiger partial charge in [0, 0.05) is 19.6 Å². The summed E-state index contributed by atoms with van der Waals surface area (Å²) in [5.41, 5.74) is 0. The molecule has 1 rings (SSSR count). The van der Waals surface area contributed by atoms with Gasteiger partial charge in [0.15, 0.2) is 0 Å². The molecule has 1 fully saturated rings. The number of ether oxygens (including phenoxy) is 1.